The number of hydrogen-bond acceptors (Lipinski definition) is 2. The highest BCUT2D eigenvalue weighted by Crippen LogP contribution is 2.00. The summed E-state index contributed by atoms with van der Waals surface area (Å²) in [5.41, 5.74) is 0. The van der Waals surface area contributed by atoms with Crippen LogP contribution >= 0.6 is 0 Å². The zero-order valence-corrected chi connectivity index (χ0v) is 8.62. The Morgan fingerprint density at radius 2 is 2.36 bits per heavy atom. The highest BCUT2D eigenvalue weighted by Gasteiger charge is 2.13. The van der Waals surface area contributed by atoms with Crippen LogP contribution in [0.25, 0.3) is 0 Å². The van der Waals surface area contributed by atoms with Gasteiger partial charge in [-0.05, 0) is 26.3 Å². The molecular formula is C11H18N2O. The fourth-order valence-corrected chi connectivity index (χ4v) is 1.48. The lowest BCUT2D eigenvalue weighted by Gasteiger charge is -2.23. The highest BCUT2D eigenvalue weighted by atomic mass is 16.1. The SMILES string of the molecule is CC=CC=CC(=O)N[C@H]1CCCNC1. The van der Waals surface area contributed by atoms with E-state index in [1.54, 1.807) is 12.2 Å². The molecule has 14 heavy (non-hydrogen) atoms. The van der Waals surface area contributed by atoms with E-state index in [0.717, 1.165) is 25.9 Å². The molecule has 1 aliphatic heterocycles. The lowest BCUT2D eigenvalue weighted by Crippen LogP contribution is -2.45. The average Bonchev–Trinajstić information content (AvgIpc) is 2.20. The van der Waals surface area contributed by atoms with Crippen LogP contribution in [0.15, 0.2) is 24.3 Å². The van der Waals surface area contributed by atoms with E-state index in [9.17, 15) is 4.79 Å². The lowest BCUT2D eigenvalue weighted by atomic mass is 10.1. The van der Waals surface area contributed by atoms with Gasteiger partial charge in [0, 0.05) is 18.7 Å². The third-order valence-corrected chi connectivity index (χ3v) is 2.19. The van der Waals surface area contributed by atoms with E-state index in [2.05, 4.69) is 10.6 Å². The maximum absolute atomic E-state index is 11.3. The quantitative estimate of drug-likeness (QED) is 0.519. The van der Waals surface area contributed by atoms with Crippen molar-refractivity contribution in [1.29, 1.82) is 0 Å². The van der Waals surface area contributed by atoms with Gasteiger partial charge >= 0.3 is 0 Å². The van der Waals surface area contributed by atoms with Crippen molar-refractivity contribution in [3.05, 3.63) is 24.3 Å². The van der Waals surface area contributed by atoms with Gasteiger partial charge in [0.1, 0.15) is 0 Å². The Morgan fingerprint density at radius 3 is 3.00 bits per heavy atom. The van der Waals surface area contributed by atoms with Crippen LogP contribution in [0.4, 0.5) is 0 Å². The summed E-state index contributed by atoms with van der Waals surface area (Å²) >= 11 is 0. The van der Waals surface area contributed by atoms with Crippen LogP contribution < -0.4 is 10.6 Å². The molecule has 2 N–H and O–H groups in total. The van der Waals surface area contributed by atoms with Gasteiger partial charge in [0.2, 0.25) is 5.91 Å². The van der Waals surface area contributed by atoms with Crippen molar-refractivity contribution in [1.82, 2.24) is 10.6 Å². The molecule has 78 valence electrons. The fraction of sp³-hybridized carbons (Fsp3) is 0.545. The second-order valence-corrected chi connectivity index (χ2v) is 3.44. The molecule has 0 aromatic carbocycles. The molecular weight excluding hydrogens is 176 g/mol. The second kappa shape index (κ2) is 6.38. The van der Waals surface area contributed by atoms with E-state index in [0.29, 0.717) is 6.04 Å². The molecule has 1 aliphatic rings. The molecule has 0 aliphatic carbocycles. The molecule has 1 amide bonds. The maximum atomic E-state index is 11.3. The minimum absolute atomic E-state index is 0.00296. The standard InChI is InChI=1S/C11H18N2O/c1-2-3-4-7-11(14)13-10-6-5-8-12-9-10/h2-4,7,10,12H,5-6,8-9H2,1H3,(H,13,14)/t10-/m0/s1. The summed E-state index contributed by atoms with van der Waals surface area (Å²) in [6.45, 7) is 3.89. The summed E-state index contributed by atoms with van der Waals surface area (Å²) in [6.07, 6.45) is 9.28. The Hall–Kier alpha value is -1.09. The number of allylic oxidation sites excluding steroid dienone is 3. The van der Waals surface area contributed by atoms with Crippen LogP contribution in [0.3, 0.4) is 0 Å². The first-order chi connectivity index (χ1) is 6.83. The molecule has 1 saturated heterocycles. The minimum Gasteiger partial charge on any atom is -0.349 e. The Morgan fingerprint density at radius 1 is 1.50 bits per heavy atom. The van der Waals surface area contributed by atoms with Gasteiger partial charge in [0.15, 0.2) is 0 Å². The van der Waals surface area contributed by atoms with Gasteiger partial charge in [-0.25, -0.2) is 0 Å². The van der Waals surface area contributed by atoms with Crippen molar-refractivity contribution in [2.24, 2.45) is 0 Å². The average molecular weight is 194 g/mol. The number of amides is 1. The summed E-state index contributed by atoms with van der Waals surface area (Å²) in [6, 6.07) is 0.298. The van der Waals surface area contributed by atoms with Crippen LogP contribution in [0.5, 0.6) is 0 Å². The van der Waals surface area contributed by atoms with E-state index in [1.807, 2.05) is 19.1 Å². The third kappa shape index (κ3) is 4.23. The normalized spacial score (nSPS) is 23.1. The van der Waals surface area contributed by atoms with Crippen molar-refractivity contribution in [3.63, 3.8) is 0 Å². The lowest BCUT2D eigenvalue weighted by molar-refractivity contribution is -0.117. The van der Waals surface area contributed by atoms with Crippen LogP contribution in [0.1, 0.15) is 19.8 Å². The molecule has 3 heteroatoms. The molecule has 3 nitrogen and oxygen atoms in total. The Bertz CT molecular complexity index is 227. The van der Waals surface area contributed by atoms with Crippen LogP contribution in [-0.4, -0.2) is 25.0 Å². The summed E-state index contributed by atoms with van der Waals surface area (Å²) in [5, 5.41) is 6.21. The molecule has 0 aromatic rings. The largest absolute Gasteiger partial charge is 0.349 e. The molecule has 0 unspecified atom stereocenters. The van der Waals surface area contributed by atoms with E-state index >= 15 is 0 Å². The molecule has 0 aromatic heterocycles. The van der Waals surface area contributed by atoms with Gasteiger partial charge in [-0.3, -0.25) is 4.79 Å². The van der Waals surface area contributed by atoms with Gasteiger partial charge < -0.3 is 10.6 Å². The van der Waals surface area contributed by atoms with E-state index in [-0.39, 0.29) is 5.91 Å². The second-order valence-electron chi connectivity index (χ2n) is 3.44. The van der Waals surface area contributed by atoms with Crippen molar-refractivity contribution >= 4 is 5.91 Å². The smallest absolute Gasteiger partial charge is 0.244 e. The zero-order chi connectivity index (χ0) is 10.2. The molecule has 1 heterocycles. The van der Waals surface area contributed by atoms with Crippen LogP contribution in [-0.2, 0) is 4.79 Å². The fourth-order valence-electron chi connectivity index (χ4n) is 1.48. The van der Waals surface area contributed by atoms with Crippen molar-refractivity contribution in [3.8, 4) is 0 Å². The maximum Gasteiger partial charge on any atom is 0.244 e. The number of piperidine rings is 1. The van der Waals surface area contributed by atoms with Gasteiger partial charge in [-0.2, -0.15) is 0 Å². The first-order valence-electron chi connectivity index (χ1n) is 5.13. The number of hydrogen-bond donors (Lipinski definition) is 2. The van der Waals surface area contributed by atoms with E-state index < -0.39 is 0 Å². The summed E-state index contributed by atoms with van der Waals surface area (Å²) < 4.78 is 0. The van der Waals surface area contributed by atoms with Crippen LogP contribution in [0.2, 0.25) is 0 Å². The number of carbonyl (C=O) groups is 1. The Kier molecular flexibility index (Phi) is 5.00. The Labute approximate surface area is 85.3 Å². The van der Waals surface area contributed by atoms with Crippen molar-refractivity contribution < 1.29 is 4.79 Å². The zero-order valence-electron chi connectivity index (χ0n) is 8.62. The van der Waals surface area contributed by atoms with Gasteiger partial charge in [0.05, 0.1) is 0 Å². The number of rotatable bonds is 3. The van der Waals surface area contributed by atoms with E-state index in [1.165, 1.54) is 0 Å². The predicted molar refractivity (Wildman–Crippen MR) is 58.0 cm³/mol. The van der Waals surface area contributed by atoms with E-state index in [4.69, 9.17) is 0 Å². The summed E-state index contributed by atoms with van der Waals surface area (Å²) in [4.78, 5) is 11.3. The number of nitrogens with one attached hydrogen (secondary N) is 2. The topological polar surface area (TPSA) is 41.1 Å². The minimum atomic E-state index is -0.00296. The highest BCUT2D eigenvalue weighted by molar-refractivity contribution is 5.87. The first-order valence-corrected chi connectivity index (χ1v) is 5.13. The van der Waals surface area contributed by atoms with Gasteiger partial charge in [-0.1, -0.05) is 18.2 Å². The summed E-state index contributed by atoms with van der Waals surface area (Å²) in [5.74, 6) is -0.00296. The molecule has 1 rings (SSSR count). The molecule has 0 spiro atoms. The molecule has 0 radical (unpaired) electrons. The number of carbonyl (C=O) groups excluding carboxylic acids is 1. The van der Waals surface area contributed by atoms with Gasteiger partial charge in [0.25, 0.3) is 0 Å². The third-order valence-electron chi connectivity index (χ3n) is 2.19. The van der Waals surface area contributed by atoms with Crippen molar-refractivity contribution in [2.45, 2.75) is 25.8 Å². The molecule has 1 atom stereocenters. The molecule has 0 bridgehead atoms. The van der Waals surface area contributed by atoms with Crippen LogP contribution in [0, 0.1) is 0 Å². The van der Waals surface area contributed by atoms with Gasteiger partial charge in [-0.15, -0.1) is 0 Å². The monoisotopic (exact) mass is 194 g/mol. The first kappa shape index (κ1) is 11.0. The predicted octanol–water partition coefficient (Wildman–Crippen LogP) is 0.987. The van der Waals surface area contributed by atoms with Crippen molar-refractivity contribution in [2.75, 3.05) is 13.1 Å². The molecule has 1 fully saturated rings. The Balaban J connectivity index is 2.25. The molecule has 0 saturated carbocycles. The summed E-state index contributed by atoms with van der Waals surface area (Å²) in [7, 11) is 0.